The van der Waals surface area contributed by atoms with Crippen molar-refractivity contribution in [3.05, 3.63) is 72.1 Å². The molecule has 4 aromatic rings. The Morgan fingerprint density at radius 2 is 1.97 bits per heavy atom. The second-order valence-electron chi connectivity index (χ2n) is 8.21. The van der Waals surface area contributed by atoms with Gasteiger partial charge >= 0.3 is 0 Å². The van der Waals surface area contributed by atoms with E-state index < -0.39 is 5.91 Å². The highest BCUT2D eigenvalue weighted by Crippen LogP contribution is 2.29. The largest absolute Gasteiger partial charge is 0.366 e. The van der Waals surface area contributed by atoms with Gasteiger partial charge in [-0.1, -0.05) is 13.8 Å². The number of hydrogen-bond donors (Lipinski definition) is 3. The number of primary amides is 1. The molecule has 0 saturated carbocycles. The third-order valence-corrected chi connectivity index (χ3v) is 5.40. The maximum atomic E-state index is 11.5. The quantitative estimate of drug-likeness (QED) is 0.375. The zero-order chi connectivity index (χ0) is 23.7. The van der Waals surface area contributed by atoms with E-state index in [4.69, 9.17) is 11.1 Å². The fourth-order valence-electron chi connectivity index (χ4n) is 3.56. The van der Waals surface area contributed by atoms with Gasteiger partial charge in [0, 0.05) is 48.2 Å². The van der Waals surface area contributed by atoms with Gasteiger partial charge in [-0.15, -0.1) is 0 Å². The van der Waals surface area contributed by atoms with E-state index in [1.54, 1.807) is 41.6 Å². The van der Waals surface area contributed by atoms with Crippen LogP contribution in [0.5, 0.6) is 0 Å². The first kappa shape index (κ1) is 21.9. The van der Waals surface area contributed by atoms with Crippen LogP contribution >= 0.6 is 0 Å². The maximum absolute atomic E-state index is 11.5. The molecule has 0 bridgehead atoms. The molecule has 168 valence electrons. The average Bonchev–Trinajstić information content (AvgIpc) is 3.43. The molecule has 0 aliphatic rings. The van der Waals surface area contributed by atoms with Crippen molar-refractivity contribution in [1.82, 2.24) is 24.3 Å². The molecule has 0 fully saturated rings. The highest BCUT2D eigenvalue weighted by Gasteiger charge is 2.20. The van der Waals surface area contributed by atoms with Gasteiger partial charge in [0.25, 0.3) is 0 Å². The maximum Gasteiger partial charge on any atom is 0.248 e. The lowest BCUT2D eigenvalue weighted by atomic mass is 9.98. The van der Waals surface area contributed by atoms with Gasteiger partial charge in [-0.25, -0.2) is 9.97 Å². The summed E-state index contributed by atoms with van der Waals surface area (Å²) < 4.78 is 3.62. The number of anilines is 2. The fourth-order valence-corrected chi connectivity index (χ4v) is 3.56. The molecule has 0 aliphatic heterocycles. The molecule has 33 heavy (non-hydrogen) atoms. The summed E-state index contributed by atoms with van der Waals surface area (Å²) in [6.07, 6.45) is 9.01. The molecule has 0 saturated heterocycles. The Kier molecular flexibility index (Phi) is 5.78. The minimum atomic E-state index is -0.475. The van der Waals surface area contributed by atoms with Gasteiger partial charge in [0.05, 0.1) is 29.5 Å². The van der Waals surface area contributed by atoms with Gasteiger partial charge in [-0.05, 0) is 42.7 Å². The van der Waals surface area contributed by atoms with Crippen molar-refractivity contribution >= 4 is 23.1 Å². The molecule has 0 atom stereocenters. The van der Waals surface area contributed by atoms with Crippen molar-refractivity contribution in [3.8, 4) is 16.9 Å². The topological polar surface area (TPSA) is 128 Å². The predicted molar refractivity (Wildman–Crippen MR) is 128 cm³/mol. The summed E-state index contributed by atoms with van der Waals surface area (Å²) in [5, 5.41) is 16.4. The van der Waals surface area contributed by atoms with Crippen molar-refractivity contribution in [2.45, 2.75) is 20.8 Å². The molecule has 4 rings (SSSR count). The molecular weight excluding hydrogens is 416 g/mol. The van der Waals surface area contributed by atoms with Crippen LogP contribution in [-0.4, -0.2) is 35.9 Å². The minimum absolute atomic E-state index is 0.0202. The van der Waals surface area contributed by atoms with Crippen LogP contribution in [-0.2, 0) is 7.05 Å². The standard InChI is InChI=1S/C24H26N8O/c1-14(2)22(25)21-20(32-12-19(28-13-32)17-10-29-31(4)11-17)7-8-27-24(21)30-18-6-5-16(23(26)33)9-15(18)3/h5-14,25H,1-4H3,(H2,26,33)(H,27,30). The highest BCUT2D eigenvalue weighted by molar-refractivity contribution is 6.07. The first-order valence-electron chi connectivity index (χ1n) is 10.5. The fraction of sp³-hybridized carbons (Fsp3) is 0.208. The summed E-state index contributed by atoms with van der Waals surface area (Å²) in [4.78, 5) is 20.6. The van der Waals surface area contributed by atoms with Gasteiger partial charge in [0.2, 0.25) is 5.91 Å². The average molecular weight is 443 g/mol. The van der Waals surface area contributed by atoms with Gasteiger partial charge < -0.3 is 21.0 Å². The van der Waals surface area contributed by atoms with E-state index in [0.29, 0.717) is 22.7 Å². The second-order valence-corrected chi connectivity index (χ2v) is 8.21. The Labute approximate surface area is 191 Å². The van der Waals surface area contributed by atoms with Crippen LogP contribution in [0, 0.1) is 18.3 Å². The van der Waals surface area contributed by atoms with Crippen molar-refractivity contribution < 1.29 is 4.79 Å². The van der Waals surface area contributed by atoms with Crippen molar-refractivity contribution in [2.75, 3.05) is 5.32 Å². The Bertz CT molecular complexity index is 1350. The van der Waals surface area contributed by atoms with Gasteiger partial charge in [-0.3, -0.25) is 9.48 Å². The van der Waals surface area contributed by atoms with Crippen LogP contribution in [0.15, 0.2) is 55.4 Å². The van der Waals surface area contributed by atoms with Gasteiger partial charge in [0.15, 0.2) is 0 Å². The Hall–Kier alpha value is -4.27. The predicted octanol–water partition coefficient (Wildman–Crippen LogP) is 3.84. The number of carbonyl (C=O) groups is 1. The molecular formula is C24H26N8O. The number of aryl methyl sites for hydroxylation is 2. The molecule has 3 heterocycles. The van der Waals surface area contributed by atoms with Crippen molar-refractivity contribution in [1.29, 1.82) is 5.41 Å². The van der Waals surface area contributed by atoms with E-state index in [1.165, 1.54) is 0 Å². The van der Waals surface area contributed by atoms with Gasteiger partial charge in [-0.2, -0.15) is 5.10 Å². The summed E-state index contributed by atoms with van der Waals surface area (Å²) in [6.45, 7) is 5.84. The van der Waals surface area contributed by atoms with Crippen molar-refractivity contribution in [2.24, 2.45) is 18.7 Å². The number of aromatic nitrogens is 5. The Balaban J connectivity index is 1.78. The number of nitrogens with two attached hydrogens (primary N) is 1. The molecule has 4 N–H and O–H groups in total. The Morgan fingerprint density at radius 3 is 2.61 bits per heavy atom. The summed E-state index contributed by atoms with van der Waals surface area (Å²) in [6, 6.07) is 7.07. The lowest BCUT2D eigenvalue weighted by molar-refractivity contribution is 0.1000. The van der Waals surface area contributed by atoms with E-state index in [9.17, 15) is 4.79 Å². The SMILES string of the molecule is Cc1cc(C(N)=O)ccc1Nc1nccc(-n2cnc(-c3cnn(C)c3)c2)c1C(=N)C(C)C. The molecule has 1 amide bonds. The van der Waals surface area contributed by atoms with E-state index in [2.05, 4.69) is 20.4 Å². The molecule has 9 nitrogen and oxygen atoms in total. The Morgan fingerprint density at radius 1 is 1.18 bits per heavy atom. The summed E-state index contributed by atoms with van der Waals surface area (Å²) in [5.41, 5.74) is 11.1. The first-order chi connectivity index (χ1) is 15.7. The molecule has 0 radical (unpaired) electrons. The number of amides is 1. The van der Waals surface area contributed by atoms with Crippen LogP contribution < -0.4 is 11.1 Å². The number of nitrogens with one attached hydrogen (secondary N) is 2. The van der Waals surface area contributed by atoms with Gasteiger partial charge in [0.1, 0.15) is 5.82 Å². The third-order valence-electron chi connectivity index (χ3n) is 5.40. The van der Waals surface area contributed by atoms with Crippen LogP contribution in [0.25, 0.3) is 16.9 Å². The summed E-state index contributed by atoms with van der Waals surface area (Å²) in [7, 11) is 1.86. The monoisotopic (exact) mass is 442 g/mol. The van der Waals surface area contributed by atoms with Crippen molar-refractivity contribution in [3.63, 3.8) is 0 Å². The van der Waals surface area contributed by atoms with Crippen LogP contribution in [0.4, 0.5) is 11.5 Å². The van der Waals surface area contributed by atoms with Crippen LogP contribution in [0.3, 0.4) is 0 Å². The lowest BCUT2D eigenvalue weighted by Crippen LogP contribution is -2.15. The number of hydrogen-bond acceptors (Lipinski definition) is 6. The minimum Gasteiger partial charge on any atom is -0.366 e. The van der Waals surface area contributed by atoms with Crippen LogP contribution in [0.2, 0.25) is 0 Å². The van der Waals surface area contributed by atoms with E-state index in [-0.39, 0.29) is 5.92 Å². The number of carbonyl (C=O) groups excluding carboxylic acids is 1. The molecule has 0 unspecified atom stereocenters. The van der Waals surface area contributed by atoms with E-state index in [1.807, 2.05) is 50.8 Å². The molecule has 0 aliphatic carbocycles. The summed E-state index contributed by atoms with van der Waals surface area (Å²) >= 11 is 0. The normalized spacial score (nSPS) is 11.1. The van der Waals surface area contributed by atoms with E-state index >= 15 is 0 Å². The zero-order valence-electron chi connectivity index (χ0n) is 19.0. The number of nitrogens with zero attached hydrogens (tertiary/aromatic N) is 5. The number of rotatable bonds is 7. The molecule has 1 aromatic carbocycles. The third kappa shape index (κ3) is 4.38. The van der Waals surface area contributed by atoms with Crippen LogP contribution in [0.1, 0.15) is 35.3 Å². The molecule has 0 spiro atoms. The van der Waals surface area contributed by atoms with E-state index in [0.717, 1.165) is 28.2 Å². The lowest BCUT2D eigenvalue weighted by Gasteiger charge is -2.19. The number of benzene rings is 1. The zero-order valence-corrected chi connectivity index (χ0v) is 19.0. The second kappa shape index (κ2) is 8.70. The highest BCUT2D eigenvalue weighted by atomic mass is 16.1. The number of imidazole rings is 1. The first-order valence-corrected chi connectivity index (χ1v) is 10.5. The number of pyridine rings is 1. The molecule has 9 heteroatoms. The summed E-state index contributed by atoms with van der Waals surface area (Å²) in [5.74, 6) is 0.0578. The smallest absolute Gasteiger partial charge is 0.248 e. The molecule has 3 aromatic heterocycles.